The van der Waals surface area contributed by atoms with Gasteiger partial charge in [-0.2, -0.15) is 5.26 Å². The number of carboxylic acid groups (broad SMARTS) is 1. The summed E-state index contributed by atoms with van der Waals surface area (Å²) in [5.41, 5.74) is 0.442. The van der Waals surface area contributed by atoms with Gasteiger partial charge in [0.2, 0.25) is 5.91 Å². The van der Waals surface area contributed by atoms with E-state index in [1.54, 1.807) is 24.3 Å². The normalized spacial score (nSPS) is 9.86. The fraction of sp³-hybridized carbons (Fsp3) is 0.0417. The predicted molar refractivity (Wildman–Crippen MR) is 134 cm³/mol. The second-order valence-corrected chi connectivity index (χ2v) is 7.60. The van der Waals surface area contributed by atoms with Crippen LogP contribution in [0.4, 0.5) is 11.4 Å². The summed E-state index contributed by atoms with van der Waals surface area (Å²) >= 11 is 4.43. The van der Waals surface area contributed by atoms with E-state index in [0.29, 0.717) is 21.7 Å². The van der Waals surface area contributed by atoms with E-state index in [0.717, 1.165) is 6.07 Å². The Balaban J connectivity index is 0.00000432. The molecule has 0 bridgehead atoms. The summed E-state index contributed by atoms with van der Waals surface area (Å²) in [5, 5.41) is 42.1. The number of aromatic carboxylic acids is 1. The van der Waals surface area contributed by atoms with Crippen LogP contribution in [0.2, 0.25) is 0 Å². The van der Waals surface area contributed by atoms with Crippen LogP contribution < -0.4 is 16.8 Å². The van der Waals surface area contributed by atoms with E-state index in [1.165, 1.54) is 31.2 Å². The van der Waals surface area contributed by atoms with Crippen LogP contribution in [0.1, 0.15) is 28.4 Å². The summed E-state index contributed by atoms with van der Waals surface area (Å²) in [6.07, 6.45) is 0. The Morgan fingerprint density at radius 2 is 1.66 bits per heavy atom. The average Bonchev–Trinajstić information content (AvgIpc) is 2.80. The van der Waals surface area contributed by atoms with Crippen molar-refractivity contribution < 1.29 is 24.6 Å². The summed E-state index contributed by atoms with van der Waals surface area (Å²) in [5.74, 6) is -3.00. The summed E-state index contributed by atoms with van der Waals surface area (Å²) < 4.78 is 0. The Morgan fingerprint density at radius 1 is 0.971 bits per heavy atom. The predicted octanol–water partition coefficient (Wildman–Crippen LogP) is 4.04. The van der Waals surface area contributed by atoms with Crippen LogP contribution >= 0.6 is 12.6 Å². The fourth-order valence-electron chi connectivity index (χ4n) is 3.22. The number of nitrogens with one attached hydrogen (secondary N) is 3. The molecule has 8 N–H and O–H groups in total. The number of amides is 2. The van der Waals surface area contributed by atoms with Crippen molar-refractivity contribution in [2.45, 2.75) is 11.8 Å². The first-order valence-corrected chi connectivity index (χ1v) is 10.2. The van der Waals surface area contributed by atoms with Crippen LogP contribution in [0.3, 0.4) is 0 Å². The van der Waals surface area contributed by atoms with E-state index in [2.05, 4.69) is 23.3 Å². The third kappa shape index (κ3) is 5.83. The number of rotatable bonds is 6. The highest BCUT2D eigenvalue weighted by molar-refractivity contribution is 7.80. The quantitative estimate of drug-likeness (QED) is 0.199. The number of benzene rings is 3. The van der Waals surface area contributed by atoms with E-state index < -0.39 is 17.6 Å². The third-order valence-corrected chi connectivity index (χ3v) is 5.14. The third-order valence-electron chi connectivity index (χ3n) is 4.77. The molecule has 0 unspecified atom stereocenters. The Labute approximate surface area is 205 Å². The van der Waals surface area contributed by atoms with Gasteiger partial charge in [0.15, 0.2) is 0 Å². The number of carbonyl (C=O) groups is 3. The number of phenolic OH excluding ortho intramolecular Hbond substituents is 1. The lowest BCUT2D eigenvalue weighted by Crippen LogP contribution is -2.24. The minimum atomic E-state index is -1.36. The van der Waals surface area contributed by atoms with Crippen molar-refractivity contribution in [2.24, 2.45) is 0 Å². The molecule has 0 aliphatic heterocycles. The first-order valence-electron chi connectivity index (χ1n) is 9.73. The van der Waals surface area contributed by atoms with Gasteiger partial charge in [-0.05, 0) is 36.4 Å². The number of hydrogen-bond donors (Lipinski definition) is 7. The van der Waals surface area contributed by atoms with Gasteiger partial charge < -0.3 is 27.0 Å². The number of anilines is 2. The molecule has 0 aromatic heterocycles. The van der Waals surface area contributed by atoms with Crippen LogP contribution in [0.25, 0.3) is 11.1 Å². The molecule has 0 fully saturated rings. The maximum atomic E-state index is 12.7. The molecule has 35 heavy (non-hydrogen) atoms. The average molecular weight is 492 g/mol. The molecule has 0 radical (unpaired) electrons. The van der Waals surface area contributed by atoms with E-state index in [-0.39, 0.29) is 40.2 Å². The molecule has 3 aromatic carbocycles. The molecule has 3 aromatic rings. The number of carbonyl (C=O) groups excluding carboxylic acids is 2. The van der Waals surface area contributed by atoms with Crippen molar-refractivity contribution >= 4 is 47.5 Å². The van der Waals surface area contributed by atoms with Gasteiger partial charge in [-0.15, -0.1) is 12.6 Å². The molecule has 0 heterocycles. The molecule has 2 amide bonds. The standard InChI is InChI=1S/C24H18N4O5S.H3N/c1-12(29)27-18-5-3-2-4-14(18)15-9-20(30)17(10-21(15)34)22(26)23(31)28-19-7-6-13(11-25)8-16(19)24(32)33;/h2-10,26,30,34H,1H3,(H,27,29)(H,28,31)(H,32,33);1H3. The smallest absolute Gasteiger partial charge is 0.337 e. The van der Waals surface area contributed by atoms with Gasteiger partial charge in [0.1, 0.15) is 11.5 Å². The maximum Gasteiger partial charge on any atom is 0.337 e. The molecule has 11 heteroatoms. The summed E-state index contributed by atoms with van der Waals surface area (Å²) in [4.78, 5) is 36.0. The zero-order chi connectivity index (χ0) is 25.0. The van der Waals surface area contributed by atoms with Gasteiger partial charge in [-0.3, -0.25) is 15.0 Å². The number of nitrogens with zero attached hydrogens (tertiary/aromatic N) is 1. The molecule has 10 nitrogen and oxygen atoms in total. The van der Waals surface area contributed by atoms with E-state index >= 15 is 0 Å². The number of hydrogen-bond acceptors (Lipinski definition) is 8. The topological polar surface area (TPSA) is 198 Å². The highest BCUT2D eigenvalue weighted by Gasteiger charge is 2.21. The van der Waals surface area contributed by atoms with Crippen molar-refractivity contribution in [1.82, 2.24) is 6.15 Å². The zero-order valence-electron chi connectivity index (χ0n) is 18.4. The molecule has 3 rings (SSSR count). The highest BCUT2D eigenvalue weighted by Crippen LogP contribution is 2.37. The molecular formula is C24H21N5O5S. The molecule has 0 aliphatic rings. The van der Waals surface area contributed by atoms with Crippen LogP contribution in [0, 0.1) is 16.7 Å². The van der Waals surface area contributed by atoms with Crippen LogP contribution in [0.15, 0.2) is 59.5 Å². The lowest BCUT2D eigenvalue weighted by Gasteiger charge is -2.15. The first kappa shape index (κ1) is 26.6. The largest absolute Gasteiger partial charge is 0.507 e. The zero-order valence-corrected chi connectivity index (χ0v) is 19.3. The minimum absolute atomic E-state index is 0. The SMILES string of the molecule is CC(=O)Nc1ccccc1-c1cc(O)c(C(=N)C(=O)Nc2ccc(C#N)cc2C(=O)O)cc1S.N. The van der Waals surface area contributed by atoms with Gasteiger partial charge >= 0.3 is 5.97 Å². The van der Waals surface area contributed by atoms with Crippen molar-refractivity contribution in [2.75, 3.05) is 10.6 Å². The van der Waals surface area contributed by atoms with Gasteiger partial charge in [-0.25, -0.2) is 4.79 Å². The van der Waals surface area contributed by atoms with Crippen molar-refractivity contribution in [1.29, 1.82) is 10.7 Å². The summed E-state index contributed by atoms with van der Waals surface area (Å²) in [6.45, 7) is 1.36. The second kappa shape index (κ2) is 11.0. The highest BCUT2D eigenvalue weighted by atomic mass is 32.1. The molecular weight excluding hydrogens is 470 g/mol. The van der Waals surface area contributed by atoms with Crippen molar-refractivity contribution in [3.8, 4) is 22.9 Å². The Morgan fingerprint density at radius 3 is 2.29 bits per heavy atom. The number of carboxylic acids is 1. The van der Waals surface area contributed by atoms with Gasteiger partial charge in [0.25, 0.3) is 5.91 Å². The Hall–Kier alpha value is -4.66. The van der Waals surface area contributed by atoms with E-state index in [4.69, 9.17) is 10.7 Å². The lowest BCUT2D eigenvalue weighted by atomic mass is 9.99. The Kier molecular flexibility index (Phi) is 8.34. The second-order valence-electron chi connectivity index (χ2n) is 7.12. The molecule has 0 atom stereocenters. The number of para-hydroxylation sites is 1. The van der Waals surface area contributed by atoms with Crippen molar-refractivity contribution in [3.63, 3.8) is 0 Å². The fourth-order valence-corrected chi connectivity index (χ4v) is 3.53. The minimum Gasteiger partial charge on any atom is -0.507 e. The first-order chi connectivity index (χ1) is 16.1. The van der Waals surface area contributed by atoms with Crippen LogP contribution in [0.5, 0.6) is 5.75 Å². The summed E-state index contributed by atoms with van der Waals surface area (Å²) in [6, 6.07) is 15.0. The molecule has 178 valence electrons. The number of thiol groups is 1. The number of nitriles is 1. The van der Waals surface area contributed by atoms with Gasteiger partial charge in [0, 0.05) is 34.2 Å². The number of phenols is 1. The molecule has 0 spiro atoms. The van der Waals surface area contributed by atoms with E-state index in [9.17, 15) is 24.6 Å². The van der Waals surface area contributed by atoms with Gasteiger partial charge in [0.05, 0.1) is 22.9 Å². The molecule has 0 saturated carbocycles. The van der Waals surface area contributed by atoms with Crippen LogP contribution in [-0.2, 0) is 9.59 Å². The van der Waals surface area contributed by atoms with Crippen LogP contribution in [-0.4, -0.2) is 33.7 Å². The summed E-state index contributed by atoms with van der Waals surface area (Å²) in [7, 11) is 0. The van der Waals surface area contributed by atoms with E-state index in [1.807, 2.05) is 6.07 Å². The van der Waals surface area contributed by atoms with Crippen molar-refractivity contribution in [3.05, 3.63) is 71.3 Å². The number of aromatic hydroxyl groups is 1. The van der Waals surface area contributed by atoms with Gasteiger partial charge in [-0.1, -0.05) is 18.2 Å². The Bertz CT molecular complexity index is 1400. The lowest BCUT2D eigenvalue weighted by molar-refractivity contribution is -0.114. The molecule has 0 saturated heterocycles. The molecule has 0 aliphatic carbocycles. The monoisotopic (exact) mass is 491 g/mol. The maximum absolute atomic E-state index is 12.7.